The minimum absolute atomic E-state index is 0. The first kappa shape index (κ1) is 30.0. The second-order valence-corrected chi connectivity index (χ2v) is 8.26. The van der Waals surface area contributed by atoms with E-state index in [0.29, 0.717) is 6.61 Å². The first-order chi connectivity index (χ1) is 12.6. The summed E-state index contributed by atoms with van der Waals surface area (Å²) in [5, 5.41) is 0. The molecule has 0 saturated carbocycles. The van der Waals surface area contributed by atoms with Crippen molar-refractivity contribution >= 4 is 10.4 Å². The minimum Gasteiger partial charge on any atom is -0.379 e. The molecule has 0 saturated heterocycles. The molecule has 0 radical (unpaired) electrons. The number of ether oxygens (including phenoxy) is 1. The van der Waals surface area contributed by atoms with Crippen molar-refractivity contribution in [2.45, 2.75) is 110 Å². The zero-order chi connectivity index (χ0) is 19.3. The standard InChI is InChI=1S/C20H42O5S.Na/c1-2-3-4-5-6-7-8-9-10-11-12-13-14-15-16-17-18-24-19-20-25-26(21,22)23;/h2-20H2,1H3,(H,21,22,23);/q;+1. The predicted molar refractivity (Wildman–Crippen MR) is 108 cm³/mol. The molecule has 27 heavy (non-hydrogen) atoms. The molecule has 5 nitrogen and oxygen atoms in total. The van der Waals surface area contributed by atoms with Crippen LogP contribution >= 0.6 is 0 Å². The van der Waals surface area contributed by atoms with E-state index in [0.717, 1.165) is 12.8 Å². The van der Waals surface area contributed by atoms with Crippen molar-refractivity contribution in [1.29, 1.82) is 0 Å². The van der Waals surface area contributed by atoms with Gasteiger partial charge in [0.1, 0.15) is 0 Å². The zero-order valence-corrected chi connectivity index (χ0v) is 20.7. The van der Waals surface area contributed by atoms with Gasteiger partial charge in [-0.25, -0.2) is 4.18 Å². The SMILES string of the molecule is CCCCCCCCCCCCCCCCCCOCCOS(=O)(=O)O.[Na+]. The maximum atomic E-state index is 10.3. The molecule has 158 valence electrons. The molecule has 0 amide bonds. The molecule has 0 heterocycles. The molecule has 7 heteroatoms. The molecule has 0 aliphatic carbocycles. The van der Waals surface area contributed by atoms with Crippen molar-refractivity contribution in [2.24, 2.45) is 0 Å². The average molecular weight is 418 g/mol. The summed E-state index contributed by atoms with van der Waals surface area (Å²) in [4.78, 5) is 0. The van der Waals surface area contributed by atoms with Crippen LogP contribution in [0.2, 0.25) is 0 Å². The molecule has 0 rings (SSSR count). The van der Waals surface area contributed by atoms with Gasteiger partial charge >= 0.3 is 40.0 Å². The Morgan fingerprint density at radius 3 is 1.33 bits per heavy atom. The smallest absolute Gasteiger partial charge is 0.379 e. The molecule has 0 aromatic carbocycles. The van der Waals surface area contributed by atoms with Gasteiger partial charge in [-0.1, -0.05) is 103 Å². The van der Waals surface area contributed by atoms with Crippen molar-refractivity contribution < 1.29 is 51.4 Å². The van der Waals surface area contributed by atoms with Crippen LogP contribution in [0.5, 0.6) is 0 Å². The second kappa shape index (κ2) is 23.1. The summed E-state index contributed by atoms with van der Waals surface area (Å²) in [5.74, 6) is 0. The van der Waals surface area contributed by atoms with Gasteiger partial charge in [0.25, 0.3) is 0 Å². The Morgan fingerprint density at radius 2 is 0.963 bits per heavy atom. The Kier molecular flexibility index (Phi) is 25.7. The maximum absolute atomic E-state index is 10.3. The number of rotatable bonds is 21. The Bertz CT molecular complexity index is 377. The molecule has 1 N–H and O–H groups in total. The van der Waals surface area contributed by atoms with E-state index < -0.39 is 10.4 Å². The quantitative estimate of drug-likeness (QED) is 0.176. The van der Waals surface area contributed by atoms with E-state index in [4.69, 9.17) is 9.29 Å². The van der Waals surface area contributed by atoms with Crippen LogP contribution in [-0.2, 0) is 19.3 Å². The van der Waals surface area contributed by atoms with Crippen molar-refractivity contribution in [1.82, 2.24) is 0 Å². The Morgan fingerprint density at radius 1 is 0.593 bits per heavy atom. The van der Waals surface area contributed by atoms with E-state index in [2.05, 4.69) is 11.1 Å². The summed E-state index contributed by atoms with van der Waals surface area (Å²) in [6.45, 7) is 2.95. The van der Waals surface area contributed by atoms with Crippen molar-refractivity contribution in [3.63, 3.8) is 0 Å². The Labute approximate surface area is 190 Å². The molecular weight excluding hydrogens is 375 g/mol. The van der Waals surface area contributed by atoms with Crippen molar-refractivity contribution in [3.05, 3.63) is 0 Å². The van der Waals surface area contributed by atoms with Crippen molar-refractivity contribution in [3.8, 4) is 0 Å². The van der Waals surface area contributed by atoms with Gasteiger partial charge in [-0.3, -0.25) is 4.55 Å². The van der Waals surface area contributed by atoms with Crippen LogP contribution in [0.25, 0.3) is 0 Å². The molecule has 0 spiro atoms. The van der Waals surface area contributed by atoms with Crippen LogP contribution in [0.4, 0.5) is 0 Å². The van der Waals surface area contributed by atoms with Crippen LogP contribution in [0.15, 0.2) is 0 Å². The van der Waals surface area contributed by atoms with Crippen LogP contribution in [0.1, 0.15) is 110 Å². The topological polar surface area (TPSA) is 72.8 Å². The van der Waals surface area contributed by atoms with E-state index in [9.17, 15) is 8.42 Å². The molecule has 0 aromatic heterocycles. The maximum Gasteiger partial charge on any atom is 1.00 e. The molecule has 0 aliphatic rings. The summed E-state index contributed by atoms with van der Waals surface area (Å²) < 4.78 is 38.4. The molecule has 0 aromatic rings. The summed E-state index contributed by atoms with van der Waals surface area (Å²) in [7, 11) is -4.33. The largest absolute Gasteiger partial charge is 1.00 e. The minimum atomic E-state index is -4.33. The number of hydrogen-bond acceptors (Lipinski definition) is 4. The van der Waals surface area contributed by atoms with Gasteiger partial charge < -0.3 is 4.74 Å². The number of hydrogen-bond donors (Lipinski definition) is 1. The van der Waals surface area contributed by atoms with Crippen LogP contribution in [0, 0.1) is 0 Å². The van der Waals surface area contributed by atoms with Gasteiger partial charge in [-0.2, -0.15) is 8.42 Å². The average Bonchev–Trinajstić information content (AvgIpc) is 2.59. The van der Waals surface area contributed by atoms with Gasteiger partial charge in [0.05, 0.1) is 13.2 Å². The summed E-state index contributed by atoms with van der Waals surface area (Å²) >= 11 is 0. The van der Waals surface area contributed by atoms with Gasteiger partial charge in [0.15, 0.2) is 0 Å². The first-order valence-electron chi connectivity index (χ1n) is 10.8. The molecule has 0 fully saturated rings. The first-order valence-corrected chi connectivity index (χ1v) is 12.1. The fourth-order valence-electron chi connectivity index (χ4n) is 3.05. The third-order valence-electron chi connectivity index (χ3n) is 4.60. The van der Waals surface area contributed by atoms with E-state index in [1.54, 1.807) is 0 Å². The molecule has 0 bridgehead atoms. The molecule has 0 aliphatic heterocycles. The summed E-state index contributed by atoms with van der Waals surface area (Å²) in [6.07, 6.45) is 21.4. The van der Waals surface area contributed by atoms with Gasteiger partial charge in [0.2, 0.25) is 0 Å². The molecule has 0 atom stereocenters. The van der Waals surface area contributed by atoms with Crippen LogP contribution < -0.4 is 29.6 Å². The Balaban J connectivity index is 0. The fraction of sp³-hybridized carbons (Fsp3) is 1.00. The molecular formula is C20H42NaO5S+. The Hall–Kier alpha value is 0.830. The third-order valence-corrected chi connectivity index (χ3v) is 5.07. The van der Waals surface area contributed by atoms with Gasteiger partial charge in [-0.15, -0.1) is 0 Å². The van der Waals surface area contributed by atoms with Crippen molar-refractivity contribution in [2.75, 3.05) is 19.8 Å². The monoisotopic (exact) mass is 417 g/mol. The second-order valence-electron chi connectivity index (χ2n) is 7.17. The normalized spacial score (nSPS) is 11.5. The third kappa shape index (κ3) is 29.1. The zero-order valence-electron chi connectivity index (χ0n) is 17.9. The summed E-state index contributed by atoms with van der Waals surface area (Å²) in [6, 6.07) is 0. The van der Waals surface area contributed by atoms with Gasteiger partial charge in [-0.05, 0) is 6.42 Å². The van der Waals surface area contributed by atoms with Crippen LogP contribution in [-0.4, -0.2) is 32.8 Å². The predicted octanol–water partition coefficient (Wildman–Crippen LogP) is 3.09. The molecule has 0 unspecified atom stereocenters. The van der Waals surface area contributed by atoms with E-state index >= 15 is 0 Å². The van der Waals surface area contributed by atoms with Crippen LogP contribution in [0.3, 0.4) is 0 Å². The van der Waals surface area contributed by atoms with Gasteiger partial charge in [0, 0.05) is 6.61 Å². The van der Waals surface area contributed by atoms with E-state index in [1.165, 1.54) is 89.9 Å². The van der Waals surface area contributed by atoms with E-state index in [1.807, 2.05) is 0 Å². The fourth-order valence-corrected chi connectivity index (χ4v) is 3.33. The van der Waals surface area contributed by atoms with E-state index in [-0.39, 0.29) is 42.8 Å². The number of unbranched alkanes of at least 4 members (excludes halogenated alkanes) is 15. The summed E-state index contributed by atoms with van der Waals surface area (Å²) in [5.41, 5.74) is 0.